The molecule has 28 heavy (non-hydrogen) atoms. The molecule has 0 aliphatic rings. The molecule has 4 aromatic rings. The Kier molecular flexibility index (Phi) is 5.57. The number of hydrogen-bond acceptors (Lipinski definition) is 5. The second-order valence-electron chi connectivity index (χ2n) is 5.83. The van der Waals surface area contributed by atoms with Crippen LogP contribution in [0.4, 0.5) is 10.1 Å². The molecule has 2 aromatic heterocycles. The van der Waals surface area contributed by atoms with Crippen molar-refractivity contribution in [3.63, 3.8) is 0 Å². The molecule has 4 rings (SSSR count). The Bertz CT molecular complexity index is 1150. The molecule has 0 saturated carbocycles. The van der Waals surface area contributed by atoms with Crippen molar-refractivity contribution in [2.75, 3.05) is 11.1 Å². The lowest BCUT2D eigenvalue weighted by molar-refractivity contribution is -0.113. The maximum Gasteiger partial charge on any atom is 0.234 e. The number of thiophene rings is 1. The molecule has 0 unspecified atom stereocenters. The van der Waals surface area contributed by atoms with Gasteiger partial charge in [-0.15, -0.1) is 11.3 Å². The van der Waals surface area contributed by atoms with Crippen molar-refractivity contribution in [3.8, 4) is 11.1 Å². The zero-order valence-electron chi connectivity index (χ0n) is 14.4. The molecule has 0 aliphatic heterocycles. The Hall–Kier alpha value is -2.48. The highest BCUT2D eigenvalue weighted by Gasteiger charge is 2.15. The predicted molar refractivity (Wildman–Crippen MR) is 114 cm³/mol. The topological polar surface area (TPSA) is 54.9 Å². The number of aromatic nitrogens is 2. The van der Waals surface area contributed by atoms with Gasteiger partial charge in [0.05, 0.1) is 21.8 Å². The molecule has 0 spiro atoms. The van der Waals surface area contributed by atoms with Crippen molar-refractivity contribution in [1.29, 1.82) is 0 Å². The SMILES string of the molecule is O=C(CSc1ncnc2scc(-c3ccc(F)cc3)c12)Nc1ccccc1Cl. The van der Waals surface area contributed by atoms with Gasteiger partial charge >= 0.3 is 0 Å². The number of halogens is 2. The Morgan fingerprint density at radius 3 is 2.71 bits per heavy atom. The summed E-state index contributed by atoms with van der Waals surface area (Å²) in [7, 11) is 0. The minimum absolute atomic E-state index is 0.177. The van der Waals surface area contributed by atoms with Gasteiger partial charge in [0.15, 0.2) is 0 Å². The molecule has 1 N–H and O–H groups in total. The van der Waals surface area contributed by atoms with Crippen LogP contribution in [0.1, 0.15) is 0 Å². The van der Waals surface area contributed by atoms with Crippen molar-refractivity contribution >= 4 is 56.5 Å². The molecule has 2 aromatic carbocycles. The van der Waals surface area contributed by atoms with E-state index < -0.39 is 0 Å². The summed E-state index contributed by atoms with van der Waals surface area (Å²) in [5.41, 5.74) is 2.38. The van der Waals surface area contributed by atoms with Crippen LogP contribution in [-0.4, -0.2) is 21.6 Å². The van der Waals surface area contributed by atoms with E-state index in [-0.39, 0.29) is 17.5 Å². The average molecular weight is 430 g/mol. The van der Waals surface area contributed by atoms with Gasteiger partial charge in [0.1, 0.15) is 22.0 Å². The molecule has 140 valence electrons. The first kappa shape index (κ1) is 18.9. The first-order valence-corrected chi connectivity index (χ1v) is 10.5. The number of benzene rings is 2. The van der Waals surface area contributed by atoms with E-state index in [9.17, 15) is 9.18 Å². The van der Waals surface area contributed by atoms with Gasteiger partial charge in [-0.2, -0.15) is 0 Å². The minimum Gasteiger partial charge on any atom is -0.324 e. The number of nitrogens with zero attached hydrogens (tertiary/aromatic N) is 2. The Morgan fingerprint density at radius 1 is 1.14 bits per heavy atom. The number of thioether (sulfide) groups is 1. The average Bonchev–Trinajstić information content (AvgIpc) is 3.13. The number of carbonyl (C=O) groups excluding carboxylic acids is 1. The molecule has 0 atom stereocenters. The van der Waals surface area contributed by atoms with Crippen LogP contribution in [0, 0.1) is 5.82 Å². The third-order valence-corrected chi connectivity index (χ3v) is 6.18. The van der Waals surface area contributed by atoms with Crippen LogP contribution in [0.2, 0.25) is 5.02 Å². The molecule has 0 bridgehead atoms. The number of rotatable bonds is 5. The second-order valence-corrected chi connectivity index (χ2v) is 8.06. The molecule has 1 amide bonds. The van der Waals surface area contributed by atoms with Crippen LogP contribution in [0.25, 0.3) is 21.3 Å². The maximum atomic E-state index is 13.3. The second kappa shape index (κ2) is 8.26. The Labute approximate surface area is 173 Å². The zero-order valence-corrected chi connectivity index (χ0v) is 16.7. The summed E-state index contributed by atoms with van der Waals surface area (Å²) in [6.45, 7) is 0. The lowest BCUT2D eigenvalue weighted by atomic mass is 10.1. The van der Waals surface area contributed by atoms with Crippen molar-refractivity contribution in [1.82, 2.24) is 9.97 Å². The van der Waals surface area contributed by atoms with Crippen molar-refractivity contribution < 1.29 is 9.18 Å². The van der Waals surface area contributed by atoms with Crippen molar-refractivity contribution in [2.24, 2.45) is 0 Å². The molecule has 0 saturated heterocycles. The van der Waals surface area contributed by atoms with Gasteiger partial charge in [-0.25, -0.2) is 14.4 Å². The summed E-state index contributed by atoms with van der Waals surface area (Å²) in [6, 6.07) is 13.4. The number of fused-ring (bicyclic) bond motifs is 1. The Balaban J connectivity index is 1.57. The van der Waals surface area contributed by atoms with Crippen LogP contribution < -0.4 is 5.32 Å². The summed E-state index contributed by atoms with van der Waals surface area (Å²) in [6.07, 6.45) is 1.49. The van der Waals surface area contributed by atoms with Gasteiger partial charge in [0, 0.05) is 10.9 Å². The lowest BCUT2D eigenvalue weighted by Crippen LogP contribution is -2.14. The summed E-state index contributed by atoms with van der Waals surface area (Å²) in [5, 5.41) is 6.84. The first-order valence-electron chi connectivity index (χ1n) is 8.27. The number of hydrogen-bond donors (Lipinski definition) is 1. The monoisotopic (exact) mass is 429 g/mol. The highest BCUT2D eigenvalue weighted by Crippen LogP contribution is 2.37. The molecule has 4 nitrogen and oxygen atoms in total. The largest absolute Gasteiger partial charge is 0.324 e. The molecule has 8 heteroatoms. The number of amides is 1. The maximum absolute atomic E-state index is 13.3. The predicted octanol–water partition coefficient (Wildman–Crippen LogP) is 5.88. The fourth-order valence-corrected chi connectivity index (χ4v) is 4.66. The van der Waals surface area contributed by atoms with Gasteiger partial charge < -0.3 is 5.32 Å². The highest BCUT2D eigenvalue weighted by atomic mass is 35.5. The minimum atomic E-state index is -0.287. The van der Waals surface area contributed by atoms with E-state index in [0.717, 1.165) is 21.3 Å². The van der Waals surface area contributed by atoms with Gasteiger partial charge in [0.2, 0.25) is 5.91 Å². The van der Waals surface area contributed by atoms with E-state index in [0.29, 0.717) is 15.7 Å². The van der Waals surface area contributed by atoms with Crippen LogP contribution in [0.15, 0.2) is 65.3 Å². The number of nitrogens with one attached hydrogen (secondary N) is 1. The van der Waals surface area contributed by atoms with E-state index in [1.54, 1.807) is 30.3 Å². The van der Waals surface area contributed by atoms with E-state index >= 15 is 0 Å². The molecule has 0 fully saturated rings. The summed E-state index contributed by atoms with van der Waals surface area (Å²) in [4.78, 5) is 21.8. The van der Waals surface area contributed by atoms with Crippen LogP contribution in [-0.2, 0) is 4.79 Å². The van der Waals surface area contributed by atoms with Crippen LogP contribution in [0.5, 0.6) is 0 Å². The van der Waals surface area contributed by atoms with E-state index in [4.69, 9.17) is 11.6 Å². The zero-order chi connectivity index (χ0) is 19.5. The lowest BCUT2D eigenvalue weighted by Gasteiger charge is -2.08. The molecular weight excluding hydrogens is 417 g/mol. The van der Waals surface area contributed by atoms with E-state index in [1.807, 2.05) is 11.4 Å². The fraction of sp³-hybridized carbons (Fsp3) is 0.0500. The number of carbonyl (C=O) groups is 1. The van der Waals surface area contributed by atoms with Crippen LogP contribution in [0.3, 0.4) is 0 Å². The Morgan fingerprint density at radius 2 is 1.93 bits per heavy atom. The molecule has 2 heterocycles. The number of anilines is 1. The molecule has 0 radical (unpaired) electrons. The molecular formula is C20H13ClFN3OS2. The van der Waals surface area contributed by atoms with E-state index in [2.05, 4.69) is 15.3 Å². The summed E-state index contributed by atoms with van der Waals surface area (Å²) < 4.78 is 13.3. The van der Waals surface area contributed by atoms with Gasteiger partial charge in [0.25, 0.3) is 0 Å². The normalized spacial score (nSPS) is 10.9. The highest BCUT2D eigenvalue weighted by molar-refractivity contribution is 8.00. The standard InChI is InChI=1S/C20H13ClFN3OS2/c21-15-3-1-2-4-16(15)25-17(26)10-28-20-18-14(9-27-19(18)23-11-24-20)12-5-7-13(22)8-6-12/h1-9,11H,10H2,(H,25,26). The summed E-state index contributed by atoms with van der Waals surface area (Å²) in [5.74, 6) is -0.287. The van der Waals surface area contributed by atoms with Crippen molar-refractivity contribution in [2.45, 2.75) is 5.03 Å². The third-order valence-electron chi connectivity index (χ3n) is 3.98. The van der Waals surface area contributed by atoms with E-state index in [1.165, 1.54) is 41.6 Å². The van der Waals surface area contributed by atoms with Gasteiger partial charge in [-0.3, -0.25) is 4.79 Å². The fourth-order valence-electron chi connectivity index (χ4n) is 2.68. The third kappa shape index (κ3) is 4.01. The smallest absolute Gasteiger partial charge is 0.234 e. The number of para-hydroxylation sites is 1. The quantitative estimate of drug-likeness (QED) is 0.318. The van der Waals surface area contributed by atoms with Crippen molar-refractivity contribution in [3.05, 3.63) is 71.1 Å². The van der Waals surface area contributed by atoms with Crippen LogP contribution >= 0.6 is 34.7 Å². The molecule has 0 aliphatic carbocycles. The van der Waals surface area contributed by atoms with Gasteiger partial charge in [-0.1, -0.05) is 47.6 Å². The first-order chi connectivity index (χ1) is 13.6. The summed E-state index contributed by atoms with van der Waals surface area (Å²) >= 11 is 8.90. The van der Waals surface area contributed by atoms with Gasteiger partial charge in [-0.05, 0) is 29.8 Å².